The Morgan fingerprint density at radius 1 is 1.33 bits per heavy atom. The van der Waals surface area contributed by atoms with E-state index < -0.39 is 0 Å². The Morgan fingerprint density at radius 2 is 2.14 bits per heavy atom. The Hall–Kier alpha value is -1.12. The van der Waals surface area contributed by atoms with Crippen molar-refractivity contribution < 1.29 is 4.39 Å². The summed E-state index contributed by atoms with van der Waals surface area (Å²) in [6.07, 6.45) is 5.89. The first-order chi connectivity index (χ1) is 10.2. The molecular formula is C16H19BrFN3. The van der Waals surface area contributed by atoms with Crippen LogP contribution in [0.25, 0.3) is 0 Å². The minimum Gasteiger partial charge on any atom is -0.365 e. The van der Waals surface area contributed by atoms with E-state index in [0.29, 0.717) is 23.3 Å². The van der Waals surface area contributed by atoms with Gasteiger partial charge in [-0.05, 0) is 60.3 Å². The number of benzene rings is 1. The number of hydrogen-bond donors (Lipinski definition) is 1. The highest BCUT2D eigenvalue weighted by Crippen LogP contribution is 2.36. The number of piperidine rings is 1. The molecule has 1 saturated carbocycles. The summed E-state index contributed by atoms with van der Waals surface area (Å²) in [7, 11) is 0. The molecule has 2 fully saturated rings. The number of nitriles is 1. The lowest BCUT2D eigenvalue weighted by Gasteiger charge is -2.32. The highest BCUT2D eigenvalue weighted by molar-refractivity contribution is 9.10. The maximum absolute atomic E-state index is 14.6. The summed E-state index contributed by atoms with van der Waals surface area (Å²) in [6.45, 7) is 1.91. The molecule has 0 radical (unpaired) electrons. The topological polar surface area (TPSA) is 39.1 Å². The van der Waals surface area contributed by atoms with E-state index in [-0.39, 0.29) is 10.3 Å². The molecule has 0 bridgehead atoms. The van der Waals surface area contributed by atoms with E-state index in [9.17, 15) is 4.39 Å². The van der Waals surface area contributed by atoms with E-state index in [0.717, 1.165) is 32.4 Å². The zero-order valence-electron chi connectivity index (χ0n) is 11.9. The molecule has 1 aromatic rings. The molecule has 1 aliphatic carbocycles. The van der Waals surface area contributed by atoms with Crippen LogP contribution in [-0.4, -0.2) is 25.2 Å². The van der Waals surface area contributed by atoms with Crippen molar-refractivity contribution in [3.63, 3.8) is 0 Å². The van der Waals surface area contributed by atoms with Gasteiger partial charge in [-0.1, -0.05) is 6.42 Å². The van der Waals surface area contributed by atoms with Gasteiger partial charge in [0, 0.05) is 18.6 Å². The minimum absolute atomic E-state index is 0.282. The molecule has 3 nitrogen and oxygen atoms in total. The van der Waals surface area contributed by atoms with E-state index in [2.05, 4.69) is 26.1 Å². The zero-order valence-corrected chi connectivity index (χ0v) is 13.5. The summed E-state index contributed by atoms with van der Waals surface area (Å²) in [4.78, 5) is 2.18. The number of nitrogens with zero attached hydrogens (tertiary/aromatic N) is 2. The van der Waals surface area contributed by atoms with Gasteiger partial charge in [-0.3, -0.25) is 0 Å². The van der Waals surface area contributed by atoms with Crippen LogP contribution in [0.5, 0.6) is 0 Å². The van der Waals surface area contributed by atoms with Crippen LogP contribution in [-0.2, 0) is 0 Å². The Morgan fingerprint density at radius 3 is 2.76 bits per heavy atom. The molecule has 112 valence electrons. The molecule has 1 heterocycles. The lowest BCUT2D eigenvalue weighted by Crippen LogP contribution is -2.44. The predicted molar refractivity (Wildman–Crippen MR) is 84.8 cm³/mol. The molecule has 21 heavy (non-hydrogen) atoms. The van der Waals surface area contributed by atoms with E-state index >= 15 is 0 Å². The molecule has 0 amide bonds. The third kappa shape index (κ3) is 3.22. The monoisotopic (exact) mass is 351 g/mol. The van der Waals surface area contributed by atoms with E-state index in [1.165, 1.54) is 12.8 Å². The smallest absolute Gasteiger partial charge is 0.161 e. The van der Waals surface area contributed by atoms with Gasteiger partial charge in [-0.25, -0.2) is 4.39 Å². The molecule has 0 spiro atoms. The number of hydrogen-bond acceptors (Lipinski definition) is 3. The van der Waals surface area contributed by atoms with Gasteiger partial charge >= 0.3 is 0 Å². The van der Waals surface area contributed by atoms with Gasteiger partial charge in [-0.15, -0.1) is 0 Å². The van der Waals surface area contributed by atoms with Crippen LogP contribution >= 0.6 is 15.9 Å². The van der Waals surface area contributed by atoms with Gasteiger partial charge < -0.3 is 10.2 Å². The van der Waals surface area contributed by atoms with Crippen molar-refractivity contribution >= 4 is 21.6 Å². The van der Waals surface area contributed by atoms with Crippen molar-refractivity contribution in [2.24, 2.45) is 0 Å². The Kier molecular flexibility index (Phi) is 4.46. The summed E-state index contributed by atoms with van der Waals surface area (Å²) < 4.78 is 14.9. The largest absolute Gasteiger partial charge is 0.365 e. The summed E-state index contributed by atoms with van der Waals surface area (Å²) in [6, 6.07) is 6.35. The fraction of sp³-hybridized carbons (Fsp3) is 0.562. The number of rotatable bonds is 4. The van der Waals surface area contributed by atoms with Crippen molar-refractivity contribution in [3.05, 3.63) is 28.0 Å². The van der Waals surface area contributed by atoms with Gasteiger partial charge in [0.25, 0.3) is 0 Å². The van der Waals surface area contributed by atoms with Gasteiger partial charge in [-0.2, -0.15) is 5.26 Å². The Labute approximate surface area is 133 Å². The number of anilines is 1. The van der Waals surface area contributed by atoms with Crippen LogP contribution in [0, 0.1) is 17.1 Å². The first kappa shape index (κ1) is 14.8. The van der Waals surface area contributed by atoms with Gasteiger partial charge in [0.1, 0.15) is 6.07 Å². The van der Waals surface area contributed by atoms with Crippen LogP contribution in [0.3, 0.4) is 0 Å². The minimum atomic E-state index is -0.309. The fourth-order valence-electron chi connectivity index (χ4n) is 3.00. The SMILES string of the molecule is N#Cc1ccc(N(CC2CCCCN2)C2CC2)c(F)c1Br. The lowest BCUT2D eigenvalue weighted by atomic mass is 10.0. The molecule has 1 atom stereocenters. The van der Waals surface area contributed by atoms with Crippen LogP contribution in [0.15, 0.2) is 16.6 Å². The zero-order chi connectivity index (χ0) is 14.8. The number of nitrogens with one attached hydrogen (secondary N) is 1. The quantitative estimate of drug-likeness (QED) is 0.901. The molecule has 3 rings (SSSR count). The first-order valence-corrected chi connectivity index (χ1v) is 8.38. The van der Waals surface area contributed by atoms with E-state index in [4.69, 9.17) is 5.26 Å². The van der Waals surface area contributed by atoms with E-state index in [1.807, 2.05) is 6.07 Å². The highest BCUT2D eigenvalue weighted by Gasteiger charge is 2.33. The molecule has 2 aliphatic rings. The molecular weight excluding hydrogens is 333 g/mol. The Bertz CT molecular complexity index is 559. The van der Waals surface area contributed by atoms with Crippen molar-refractivity contribution in [2.75, 3.05) is 18.0 Å². The van der Waals surface area contributed by atoms with Crippen molar-refractivity contribution in [3.8, 4) is 6.07 Å². The molecule has 1 aromatic carbocycles. The van der Waals surface area contributed by atoms with Crippen molar-refractivity contribution in [1.82, 2.24) is 5.32 Å². The maximum atomic E-state index is 14.6. The third-order valence-corrected chi connectivity index (χ3v) is 5.08. The molecule has 1 aliphatic heterocycles. The summed E-state index contributed by atoms with van der Waals surface area (Å²) in [5, 5.41) is 12.5. The van der Waals surface area contributed by atoms with Gasteiger partial charge in [0.05, 0.1) is 15.7 Å². The number of halogens is 2. The second kappa shape index (κ2) is 6.33. The summed E-state index contributed by atoms with van der Waals surface area (Å²) in [5.74, 6) is -0.309. The van der Waals surface area contributed by atoms with Crippen molar-refractivity contribution in [1.29, 1.82) is 5.26 Å². The second-order valence-electron chi connectivity index (χ2n) is 5.90. The fourth-order valence-corrected chi connectivity index (χ4v) is 3.42. The molecule has 1 saturated heterocycles. The normalized spacial score (nSPS) is 21.9. The molecule has 0 aromatic heterocycles. The van der Waals surface area contributed by atoms with Crippen molar-refractivity contribution in [2.45, 2.75) is 44.2 Å². The van der Waals surface area contributed by atoms with Gasteiger partial charge in [0.15, 0.2) is 5.82 Å². The summed E-state index contributed by atoms with van der Waals surface area (Å²) in [5.41, 5.74) is 0.971. The van der Waals surface area contributed by atoms with Crippen LogP contribution < -0.4 is 10.2 Å². The van der Waals surface area contributed by atoms with Gasteiger partial charge in [0.2, 0.25) is 0 Å². The first-order valence-electron chi connectivity index (χ1n) is 7.59. The van der Waals surface area contributed by atoms with Crippen LogP contribution in [0.2, 0.25) is 0 Å². The lowest BCUT2D eigenvalue weighted by molar-refractivity contribution is 0.397. The predicted octanol–water partition coefficient (Wildman–Crippen LogP) is 3.57. The van der Waals surface area contributed by atoms with E-state index in [1.54, 1.807) is 12.1 Å². The molecule has 5 heteroatoms. The standard InChI is InChI=1S/C16H19BrFN3/c17-15-11(9-19)4-7-14(16(15)18)21(13-5-6-13)10-12-3-1-2-8-20-12/h4,7,12-13,20H,1-3,5-6,8,10H2. The van der Waals surface area contributed by atoms with Crippen LogP contribution in [0.1, 0.15) is 37.7 Å². The van der Waals surface area contributed by atoms with Crippen LogP contribution in [0.4, 0.5) is 10.1 Å². The average Bonchev–Trinajstić information content (AvgIpc) is 3.34. The maximum Gasteiger partial charge on any atom is 0.161 e. The molecule has 1 unspecified atom stereocenters. The second-order valence-corrected chi connectivity index (χ2v) is 6.70. The average molecular weight is 352 g/mol. The molecule has 1 N–H and O–H groups in total. The highest BCUT2D eigenvalue weighted by atomic mass is 79.9. The third-order valence-electron chi connectivity index (χ3n) is 4.31. The summed E-state index contributed by atoms with van der Waals surface area (Å²) >= 11 is 3.21. The Balaban J connectivity index is 1.84.